The highest BCUT2D eigenvalue weighted by Gasteiger charge is 2.32. The average molecular weight is 551 g/mol. The van der Waals surface area contributed by atoms with E-state index in [0.29, 0.717) is 41.5 Å². The van der Waals surface area contributed by atoms with E-state index in [2.05, 4.69) is 30.8 Å². The second-order valence-corrected chi connectivity index (χ2v) is 9.96. The Bertz CT molecular complexity index is 1820. The molecule has 0 atom stereocenters. The van der Waals surface area contributed by atoms with E-state index in [-0.39, 0.29) is 5.91 Å². The van der Waals surface area contributed by atoms with Gasteiger partial charge in [-0.1, -0.05) is 97.1 Å². The second-order valence-electron chi connectivity index (χ2n) is 9.96. The molecule has 0 aliphatic carbocycles. The Morgan fingerprint density at radius 3 is 2.31 bits per heavy atom. The lowest BCUT2D eigenvalue weighted by atomic mass is 9.98. The van der Waals surface area contributed by atoms with Gasteiger partial charge in [0.1, 0.15) is 12.3 Å². The normalized spacial score (nSPS) is 13.8. The van der Waals surface area contributed by atoms with Gasteiger partial charge in [-0.25, -0.2) is 0 Å². The molecule has 206 valence electrons. The summed E-state index contributed by atoms with van der Waals surface area (Å²) in [6.45, 7) is 4.35. The van der Waals surface area contributed by atoms with Gasteiger partial charge >= 0.3 is 0 Å². The fourth-order valence-corrected chi connectivity index (χ4v) is 5.22. The summed E-state index contributed by atoms with van der Waals surface area (Å²) < 4.78 is 12.3. The molecule has 1 amide bonds. The van der Waals surface area contributed by atoms with Crippen LogP contribution in [-0.2, 0) is 17.8 Å². The van der Waals surface area contributed by atoms with Crippen molar-refractivity contribution in [2.75, 3.05) is 12.1 Å². The highest BCUT2D eigenvalue weighted by atomic mass is 16.5. The maximum atomic E-state index is 13.8. The summed E-state index contributed by atoms with van der Waals surface area (Å²) in [5, 5.41) is 8.53. The number of anilines is 1. The molecular formula is C37H30N2O3. The van der Waals surface area contributed by atoms with Gasteiger partial charge in [0.05, 0.1) is 18.4 Å². The number of allylic oxidation sites excluding steroid dienone is 1. The molecule has 0 aromatic heterocycles. The number of rotatable bonds is 9. The number of fused-ring (bicyclic) bond motifs is 1. The number of carbonyl (C=O) groups is 1. The number of hydrazone groups is 1. The zero-order valence-electron chi connectivity index (χ0n) is 23.4. The number of hydrogen-bond acceptors (Lipinski definition) is 4. The van der Waals surface area contributed by atoms with Crippen LogP contribution in [0.15, 0.2) is 139 Å². The van der Waals surface area contributed by atoms with Crippen LogP contribution in [0.4, 0.5) is 5.69 Å². The number of para-hydroxylation sites is 1. The number of nitrogens with zero attached hydrogens (tertiary/aromatic N) is 2. The van der Waals surface area contributed by atoms with Gasteiger partial charge in [-0.2, -0.15) is 10.1 Å². The Kier molecular flexibility index (Phi) is 7.64. The molecule has 0 N–H and O–H groups in total. The fraction of sp³-hybridized carbons (Fsp3) is 0.0811. The Labute approximate surface area is 245 Å². The van der Waals surface area contributed by atoms with Gasteiger partial charge < -0.3 is 9.47 Å². The Morgan fingerprint density at radius 1 is 0.833 bits per heavy atom. The number of benzene rings is 5. The molecule has 0 spiro atoms. The van der Waals surface area contributed by atoms with Crippen LogP contribution in [0.5, 0.6) is 11.5 Å². The first-order valence-electron chi connectivity index (χ1n) is 13.8. The van der Waals surface area contributed by atoms with Gasteiger partial charge in [-0.3, -0.25) is 4.79 Å². The van der Waals surface area contributed by atoms with E-state index in [0.717, 1.165) is 27.6 Å². The molecule has 5 aromatic carbocycles. The van der Waals surface area contributed by atoms with Crippen molar-refractivity contribution in [2.45, 2.75) is 13.0 Å². The first kappa shape index (κ1) is 26.8. The van der Waals surface area contributed by atoms with Crippen LogP contribution in [0.2, 0.25) is 0 Å². The molecule has 5 nitrogen and oxygen atoms in total. The van der Waals surface area contributed by atoms with E-state index in [4.69, 9.17) is 14.6 Å². The molecule has 1 aliphatic rings. The van der Waals surface area contributed by atoms with Crippen LogP contribution in [0.1, 0.15) is 22.3 Å². The van der Waals surface area contributed by atoms with E-state index in [1.54, 1.807) is 7.11 Å². The van der Waals surface area contributed by atoms with Crippen LogP contribution in [0.3, 0.4) is 0 Å². The first-order chi connectivity index (χ1) is 20.7. The van der Waals surface area contributed by atoms with Gasteiger partial charge in [0.15, 0.2) is 11.5 Å². The van der Waals surface area contributed by atoms with Crippen LogP contribution >= 0.6 is 0 Å². The molecule has 0 bridgehead atoms. The van der Waals surface area contributed by atoms with Crippen LogP contribution in [0.25, 0.3) is 16.8 Å². The molecule has 0 fully saturated rings. The molecular weight excluding hydrogens is 520 g/mol. The summed E-state index contributed by atoms with van der Waals surface area (Å²) in [5.74, 6) is 1.05. The molecule has 0 unspecified atom stereocenters. The molecule has 42 heavy (non-hydrogen) atoms. The lowest BCUT2D eigenvalue weighted by Gasteiger charge is -2.17. The van der Waals surface area contributed by atoms with Crippen molar-refractivity contribution in [2.24, 2.45) is 5.10 Å². The molecule has 1 aliphatic heterocycles. The zero-order valence-corrected chi connectivity index (χ0v) is 23.4. The molecule has 0 saturated carbocycles. The lowest BCUT2D eigenvalue weighted by Crippen LogP contribution is -2.21. The third kappa shape index (κ3) is 5.32. The maximum Gasteiger partial charge on any atom is 0.281 e. The van der Waals surface area contributed by atoms with E-state index >= 15 is 0 Å². The molecule has 1 heterocycles. The number of hydrogen-bond donors (Lipinski definition) is 0. The fourth-order valence-electron chi connectivity index (χ4n) is 5.22. The van der Waals surface area contributed by atoms with E-state index in [1.165, 1.54) is 10.4 Å². The minimum absolute atomic E-state index is 0.194. The summed E-state index contributed by atoms with van der Waals surface area (Å²) in [4.78, 5) is 13.8. The second kappa shape index (κ2) is 12.0. The molecule has 5 aromatic rings. The molecule has 6 rings (SSSR count). The van der Waals surface area contributed by atoms with Crippen molar-refractivity contribution in [1.82, 2.24) is 0 Å². The zero-order chi connectivity index (χ0) is 28.9. The van der Waals surface area contributed by atoms with Gasteiger partial charge in [0.2, 0.25) is 0 Å². The SMILES string of the molecule is C=CCc1cc(/C=C2\C(=O)N(c3ccccc3)N=C2c2ccccc2)cc(OC)c1OCc1cccc2ccccc12. The standard InChI is InChI=1S/C37H30N2O3/c1-3-13-29-22-26(24-34(41-2)36(29)42-25-30-18-12-17-27-14-10-11-21-32(27)30)23-33-35(28-15-6-4-7-16-28)38-39(37(33)40)31-19-8-5-9-20-31/h3-12,14-24H,1,13,25H2,2H3/b33-23-. The smallest absolute Gasteiger partial charge is 0.281 e. The van der Waals surface area contributed by atoms with E-state index in [9.17, 15) is 4.79 Å². The third-order valence-corrected chi connectivity index (χ3v) is 7.23. The first-order valence-corrected chi connectivity index (χ1v) is 13.8. The minimum atomic E-state index is -0.194. The van der Waals surface area contributed by atoms with Gasteiger partial charge in [-0.15, -0.1) is 6.58 Å². The molecule has 0 saturated heterocycles. The maximum absolute atomic E-state index is 13.8. The lowest BCUT2D eigenvalue weighted by molar-refractivity contribution is -0.114. The van der Waals surface area contributed by atoms with E-state index < -0.39 is 0 Å². The number of amides is 1. The van der Waals surface area contributed by atoms with Crippen molar-refractivity contribution in [3.63, 3.8) is 0 Å². The predicted molar refractivity (Wildman–Crippen MR) is 170 cm³/mol. The monoisotopic (exact) mass is 550 g/mol. The van der Waals surface area contributed by atoms with Gasteiger partial charge in [0.25, 0.3) is 5.91 Å². The Hall–Kier alpha value is -5.42. The molecule has 0 radical (unpaired) electrons. The van der Waals surface area contributed by atoms with Crippen LogP contribution in [-0.4, -0.2) is 18.7 Å². The average Bonchev–Trinajstić information content (AvgIpc) is 3.36. The summed E-state index contributed by atoms with van der Waals surface area (Å²) in [6.07, 6.45) is 4.29. The largest absolute Gasteiger partial charge is 0.493 e. The number of carbonyl (C=O) groups excluding carboxylic acids is 1. The summed E-state index contributed by atoms with van der Waals surface area (Å²) in [7, 11) is 1.63. The topological polar surface area (TPSA) is 51.1 Å². The van der Waals surface area contributed by atoms with Crippen molar-refractivity contribution < 1.29 is 14.3 Å². The van der Waals surface area contributed by atoms with E-state index in [1.807, 2.05) is 103 Å². The van der Waals surface area contributed by atoms with Crippen molar-refractivity contribution in [3.8, 4) is 11.5 Å². The molecule has 5 heteroatoms. The third-order valence-electron chi connectivity index (χ3n) is 7.23. The number of methoxy groups -OCH3 is 1. The Balaban J connectivity index is 1.39. The highest BCUT2D eigenvalue weighted by Crippen LogP contribution is 2.36. The highest BCUT2D eigenvalue weighted by molar-refractivity contribution is 6.37. The Morgan fingerprint density at radius 2 is 1.55 bits per heavy atom. The van der Waals surface area contributed by atoms with Gasteiger partial charge in [-0.05, 0) is 58.7 Å². The predicted octanol–water partition coefficient (Wildman–Crippen LogP) is 7.99. The summed E-state index contributed by atoms with van der Waals surface area (Å²) in [5.41, 5.74) is 5.51. The van der Waals surface area contributed by atoms with Crippen molar-refractivity contribution >= 4 is 34.2 Å². The number of ether oxygens (including phenoxy) is 2. The van der Waals surface area contributed by atoms with Crippen LogP contribution in [0, 0.1) is 0 Å². The van der Waals surface area contributed by atoms with Crippen molar-refractivity contribution in [3.05, 3.63) is 156 Å². The summed E-state index contributed by atoms with van der Waals surface area (Å²) >= 11 is 0. The summed E-state index contributed by atoms with van der Waals surface area (Å²) in [6, 6.07) is 37.6. The van der Waals surface area contributed by atoms with Crippen LogP contribution < -0.4 is 14.5 Å². The minimum Gasteiger partial charge on any atom is -0.493 e. The van der Waals surface area contributed by atoms with Crippen molar-refractivity contribution in [1.29, 1.82) is 0 Å². The quantitative estimate of drug-likeness (QED) is 0.138. The van der Waals surface area contributed by atoms with Gasteiger partial charge in [0, 0.05) is 11.1 Å².